The van der Waals surface area contributed by atoms with E-state index in [9.17, 15) is 4.79 Å². The van der Waals surface area contributed by atoms with E-state index in [2.05, 4.69) is 0 Å². The summed E-state index contributed by atoms with van der Waals surface area (Å²) in [7, 11) is 0. The van der Waals surface area contributed by atoms with Crippen molar-refractivity contribution in [1.29, 1.82) is 0 Å². The molecule has 2 fully saturated rings. The second-order valence-corrected chi connectivity index (χ2v) is 3.71. The number of carboxylic acid groups (broad SMARTS) is 1. The molecule has 2 aliphatic rings. The summed E-state index contributed by atoms with van der Waals surface area (Å²) in [6, 6.07) is 0. The van der Waals surface area contributed by atoms with E-state index in [4.69, 9.17) is 9.84 Å². The molecule has 0 radical (unpaired) electrons. The fourth-order valence-corrected chi connectivity index (χ4v) is 1.96. The summed E-state index contributed by atoms with van der Waals surface area (Å²) in [5.74, 6) is -0.704. The minimum atomic E-state index is -0.704. The summed E-state index contributed by atoms with van der Waals surface area (Å²) < 4.78 is 5.27. The number of rotatable bonds is 1. The quantitative estimate of drug-likeness (QED) is 0.577. The average molecular weight is 156 g/mol. The molecule has 0 aromatic carbocycles. The molecule has 11 heavy (non-hydrogen) atoms. The molecule has 1 heterocycles. The summed E-state index contributed by atoms with van der Waals surface area (Å²) in [6.45, 7) is 1.79. The molecule has 3 heteroatoms. The number of carboxylic acids is 1. The van der Waals surface area contributed by atoms with Crippen LogP contribution in [0.4, 0.5) is 0 Å². The van der Waals surface area contributed by atoms with E-state index in [1.165, 1.54) is 0 Å². The van der Waals surface area contributed by atoms with E-state index < -0.39 is 11.4 Å². The van der Waals surface area contributed by atoms with Crippen LogP contribution in [0.25, 0.3) is 0 Å². The fourth-order valence-electron chi connectivity index (χ4n) is 1.96. The first-order valence-corrected chi connectivity index (χ1v) is 4.03. The molecule has 62 valence electrons. The van der Waals surface area contributed by atoms with Crippen molar-refractivity contribution < 1.29 is 14.6 Å². The maximum Gasteiger partial charge on any atom is 0.312 e. The van der Waals surface area contributed by atoms with Crippen LogP contribution in [0.1, 0.15) is 26.2 Å². The van der Waals surface area contributed by atoms with Crippen molar-refractivity contribution in [2.45, 2.75) is 38.4 Å². The van der Waals surface area contributed by atoms with E-state index in [1.54, 1.807) is 6.92 Å². The third-order valence-electron chi connectivity index (χ3n) is 2.88. The molecule has 0 bridgehead atoms. The van der Waals surface area contributed by atoms with Crippen LogP contribution in [0, 0.1) is 5.41 Å². The van der Waals surface area contributed by atoms with E-state index in [-0.39, 0.29) is 12.2 Å². The Hall–Kier alpha value is -0.570. The number of hydrogen-bond acceptors (Lipinski definition) is 2. The van der Waals surface area contributed by atoms with Crippen LogP contribution in [0.3, 0.4) is 0 Å². The standard InChI is InChI=1S/C8H12O3/c1-8(7(9)10)4-2-3-5-6(8)11-5/h5-6H,2-4H2,1H3,(H,9,10). The number of aliphatic carboxylic acids is 1. The van der Waals surface area contributed by atoms with E-state index in [1.807, 2.05) is 0 Å². The largest absolute Gasteiger partial charge is 0.481 e. The molecule has 1 N–H and O–H groups in total. The van der Waals surface area contributed by atoms with Crippen LogP contribution in [-0.4, -0.2) is 23.3 Å². The lowest BCUT2D eigenvalue weighted by molar-refractivity contribution is -0.149. The minimum Gasteiger partial charge on any atom is -0.481 e. The van der Waals surface area contributed by atoms with Crippen LogP contribution in [0.2, 0.25) is 0 Å². The maximum atomic E-state index is 10.8. The molecule has 0 amide bonds. The molecule has 1 aliphatic carbocycles. The van der Waals surface area contributed by atoms with Crippen molar-refractivity contribution in [3.8, 4) is 0 Å². The van der Waals surface area contributed by atoms with Gasteiger partial charge in [0.15, 0.2) is 0 Å². The summed E-state index contributed by atoms with van der Waals surface area (Å²) in [4.78, 5) is 10.8. The second kappa shape index (κ2) is 1.97. The zero-order valence-corrected chi connectivity index (χ0v) is 6.54. The van der Waals surface area contributed by atoms with Gasteiger partial charge in [0.2, 0.25) is 0 Å². The van der Waals surface area contributed by atoms with Crippen LogP contribution in [0.15, 0.2) is 0 Å². The monoisotopic (exact) mass is 156 g/mol. The lowest BCUT2D eigenvalue weighted by Crippen LogP contribution is -2.36. The van der Waals surface area contributed by atoms with E-state index in [0.29, 0.717) is 0 Å². The van der Waals surface area contributed by atoms with Crippen molar-refractivity contribution in [1.82, 2.24) is 0 Å². The number of fused-ring (bicyclic) bond motifs is 1. The molecular formula is C8H12O3. The molecule has 0 aromatic rings. The fraction of sp³-hybridized carbons (Fsp3) is 0.875. The van der Waals surface area contributed by atoms with Gasteiger partial charge in [-0.3, -0.25) is 4.79 Å². The predicted molar refractivity (Wildman–Crippen MR) is 38.3 cm³/mol. The predicted octanol–water partition coefficient (Wildman–Crippen LogP) is 1.03. The summed E-state index contributed by atoms with van der Waals surface area (Å²) in [5.41, 5.74) is -0.594. The van der Waals surface area contributed by atoms with Gasteiger partial charge in [-0.25, -0.2) is 0 Å². The van der Waals surface area contributed by atoms with E-state index >= 15 is 0 Å². The summed E-state index contributed by atoms with van der Waals surface area (Å²) in [5, 5.41) is 8.91. The first kappa shape index (κ1) is 7.10. The summed E-state index contributed by atoms with van der Waals surface area (Å²) in [6.07, 6.45) is 3.07. The number of epoxide rings is 1. The molecule has 0 aromatic heterocycles. The Labute approximate surface area is 65.4 Å². The van der Waals surface area contributed by atoms with Gasteiger partial charge in [0, 0.05) is 0 Å². The van der Waals surface area contributed by atoms with Gasteiger partial charge in [-0.15, -0.1) is 0 Å². The highest BCUT2D eigenvalue weighted by molar-refractivity contribution is 5.75. The molecule has 3 atom stereocenters. The highest BCUT2D eigenvalue weighted by Crippen LogP contribution is 2.48. The normalized spacial score (nSPS) is 48.1. The Bertz CT molecular complexity index is 202. The minimum absolute atomic E-state index is 0.00810. The molecule has 1 saturated heterocycles. The maximum absolute atomic E-state index is 10.8. The van der Waals surface area contributed by atoms with Gasteiger partial charge in [0.25, 0.3) is 0 Å². The lowest BCUT2D eigenvalue weighted by Gasteiger charge is -2.25. The molecular weight excluding hydrogens is 144 g/mol. The smallest absolute Gasteiger partial charge is 0.312 e. The zero-order chi connectivity index (χ0) is 8.06. The summed E-state index contributed by atoms with van der Waals surface area (Å²) >= 11 is 0. The molecule has 3 unspecified atom stereocenters. The first-order chi connectivity index (χ1) is 5.14. The molecule has 1 saturated carbocycles. The Morgan fingerprint density at radius 1 is 1.73 bits per heavy atom. The first-order valence-electron chi connectivity index (χ1n) is 4.03. The van der Waals surface area contributed by atoms with Gasteiger partial charge >= 0.3 is 5.97 Å². The van der Waals surface area contributed by atoms with Crippen LogP contribution < -0.4 is 0 Å². The van der Waals surface area contributed by atoms with Gasteiger partial charge in [-0.05, 0) is 26.2 Å². The van der Waals surface area contributed by atoms with Gasteiger partial charge in [-0.1, -0.05) is 0 Å². The third-order valence-corrected chi connectivity index (χ3v) is 2.88. The highest BCUT2D eigenvalue weighted by atomic mass is 16.6. The molecule has 3 nitrogen and oxygen atoms in total. The lowest BCUT2D eigenvalue weighted by atomic mass is 9.76. The van der Waals surface area contributed by atoms with Crippen molar-refractivity contribution >= 4 is 5.97 Å². The van der Waals surface area contributed by atoms with Crippen molar-refractivity contribution in [2.75, 3.05) is 0 Å². The van der Waals surface area contributed by atoms with Gasteiger partial charge in [0.1, 0.15) is 0 Å². The molecule has 0 spiro atoms. The van der Waals surface area contributed by atoms with Crippen LogP contribution >= 0.6 is 0 Å². The Morgan fingerprint density at radius 2 is 2.45 bits per heavy atom. The Balaban J connectivity index is 2.17. The van der Waals surface area contributed by atoms with E-state index in [0.717, 1.165) is 19.3 Å². The molecule has 1 aliphatic heterocycles. The SMILES string of the molecule is CC1(C(=O)O)CCCC2OC21. The average Bonchev–Trinajstić information content (AvgIpc) is 2.67. The van der Waals surface area contributed by atoms with Crippen molar-refractivity contribution in [3.63, 3.8) is 0 Å². The zero-order valence-electron chi connectivity index (χ0n) is 6.54. The third kappa shape index (κ3) is 0.872. The van der Waals surface area contributed by atoms with Crippen molar-refractivity contribution in [3.05, 3.63) is 0 Å². The van der Waals surface area contributed by atoms with Crippen molar-refractivity contribution in [2.24, 2.45) is 5.41 Å². The highest BCUT2D eigenvalue weighted by Gasteiger charge is 2.58. The van der Waals surface area contributed by atoms with Gasteiger partial charge < -0.3 is 9.84 Å². The van der Waals surface area contributed by atoms with Crippen LogP contribution in [-0.2, 0) is 9.53 Å². The number of hydrogen-bond donors (Lipinski definition) is 1. The van der Waals surface area contributed by atoms with Crippen LogP contribution in [0.5, 0.6) is 0 Å². The number of carbonyl (C=O) groups is 1. The topological polar surface area (TPSA) is 49.8 Å². The Kier molecular flexibility index (Phi) is 1.27. The van der Waals surface area contributed by atoms with Gasteiger partial charge in [-0.2, -0.15) is 0 Å². The number of ether oxygens (including phenoxy) is 1. The van der Waals surface area contributed by atoms with Gasteiger partial charge in [0.05, 0.1) is 17.6 Å². The Morgan fingerprint density at radius 3 is 3.00 bits per heavy atom. The second-order valence-electron chi connectivity index (χ2n) is 3.71. The molecule has 2 rings (SSSR count).